The summed E-state index contributed by atoms with van der Waals surface area (Å²) in [5.74, 6) is -0.675. The fourth-order valence-corrected chi connectivity index (χ4v) is 3.17. The smallest absolute Gasteiger partial charge is 0.280 e. The SMILES string of the molecule is Cc1cc(=O)c(C(=O)Nc2cc(Cl)ccc2-n2cncn2)nn1-c1ccc(Cl)cc1. The molecule has 0 aliphatic rings. The number of hydrogen-bond donors (Lipinski definition) is 1. The Morgan fingerprint density at radius 1 is 1.03 bits per heavy atom. The van der Waals surface area contributed by atoms with Gasteiger partial charge in [0, 0.05) is 21.8 Å². The summed E-state index contributed by atoms with van der Waals surface area (Å²) in [5, 5.41) is 12.0. The molecule has 0 fully saturated rings. The maximum Gasteiger partial charge on any atom is 0.280 e. The molecular weight excluding hydrogens is 427 g/mol. The van der Waals surface area contributed by atoms with Crippen LogP contribution in [0.1, 0.15) is 16.2 Å². The predicted molar refractivity (Wildman–Crippen MR) is 114 cm³/mol. The number of amides is 1. The van der Waals surface area contributed by atoms with E-state index in [9.17, 15) is 9.59 Å². The van der Waals surface area contributed by atoms with E-state index in [-0.39, 0.29) is 5.69 Å². The first-order chi connectivity index (χ1) is 14.4. The molecule has 0 aliphatic heterocycles. The van der Waals surface area contributed by atoms with Crippen LogP contribution in [0.5, 0.6) is 0 Å². The molecule has 0 atom stereocenters. The van der Waals surface area contributed by atoms with E-state index in [1.54, 1.807) is 49.4 Å². The lowest BCUT2D eigenvalue weighted by Gasteiger charge is -2.13. The molecule has 0 unspecified atom stereocenters. The van der Waals surface area contributed by atoms with E-state index in [4.69, 9.17) is 23.2 Å². The zero-order valence-corrected chi connectivity index (χ0v) is 17.1. The highest BCUT2D eigenvalue weighted by atomic mass is 35.5. The molecule has 2 aromatic heterocycles. The predicted octanol–water partition coefficient (Wildman–Crippen LogP) is 3.68. The summed E-state index contributed by atoms with van der Waals surface area (Å²) in [6.07, 6.45) is 2.85. The Hall–Kier alpha value is -3.49. The summed E-state index contributed by atoms with van der Waals surface area (Å²) in [4.78, 5) is 29.3. The van der Waals surface area contributed by atoms with Crippen molar-refractivity contribution in [1.29, 1.82) is 0 Å². The molecule has 150 valence electrons. The maximum absolute atomic E-state index is 12.9. The van der Waals surface area contributed by atoms with Crippen LogP contribution in [0.2, 0.25) is 10.0 Å². The number of carbonyl (C=O) groups is 1. The molecule has 0 spiro atoms. The molecule has 4 rings (SSSR count). The van der Waals surface area contributed by atoms with Crippen molar-refractivity contribution in [3.05, 3.63) is 92.8 Å². The van der Waals surface area contributed by atoms with E-state index in [1.807, 2.05) is 0 Å². The quantitative estimate of drug-likeness (QED) is 0.522. The van der Waals surface area contributed by atoms with Crippen molar-refractivity contribution in [3.63, 3.8) is 0 Å². The lowest BCUT2D eigenvalue weighted by molar-refractivity contribution is 0.101. The van der Waals surface area contributed by atoms with Gasteiger partial charge in [-0.15, -0.1) is 0 Å². The van der Waals surface area contributed by atoms with Crippen LogP contribution in [0.4, 0.5) is 5.69 Å². The van der Waals surface area contributed by atoms with Gasteiger partial charge >= 0.3 is 0 Å². The van der Waals surface area contributed by atoms with Crippen molar-refractivity contribution < 1.29 is 4.79 Å². The van der Waals surface area contributed by atoms with Gasteiger partial charge in [-0.2, -0.15) is 10.2 Å². The van der Waals surface area contributed by atoms with Gasteiger partial charge in [-0.05, 0) is 49.4 Å². The monoisotopic (exact) mass is 440 g/mol. The highest BCUT2D eigenvalue weighted by Gasteiger charge is 2.18. The molecular formula is C20H14Cl2N6O2. The third-order valence-electron chi connectivity index (χ3n) is 4.27. The topological polar surface area (TPSA) is 94.7 Å². The van der Waals surface area contributed by atoms with Gasteiger partial charge in [0.15, 0.2) is 5.69 Å². The van der Waals surface area contributed by atoms with Crippen LogP contribution in [0, 0.1) is 6.92 Å². The van der Waals surface area contributed by atoms with Crippen molar-refractivity contribution in [1.82, 2.24) is 24.5 Å². The van der Waals surface area contributed by atoms with E-state index in [1.165, 1.54) is 28.1 Å². The maximum atomic E-state index is 12.9. The number of nitrogens with zero attached hydrogens (tertiary/aromatic N) is 5. The Morgan fingerprint density at radius 3 is 2.47 bits per heavy atom. The highest BCUT2D eigenvalue weighted by Crippen LogP contribution is 2.24. The molecule has 30 heavy (non-hydrogen) atoms. The van der Waals surface area contributed by atoms with E-state index in [0.717, 1.165) is 0 Å². The second kappa shape index (κ2) is 8.10. The number of carbonyl (C=O) groups excluding carboxylic acids is 1. The lowest BCUT2D eigenvalue weighted by atomic mass is 10.2. The summed E-state index contributed by atoms with van der Waals surface area (Å²) in [6, 6.07) is 13.1. The molecule has 1 N–H and O–H groups in total. The Morgan fingerprint density at radius 2 is 1.77 bits per heavy atom. The van der Waals surface area contributed by atoms with Gasteiger partial charge in [-0.1, -0.05) is 23.2 Å². The summed E-state index contributed by atoms with van der Waals surface area (Å²) >= 11 is 12.0. The van der Waals surface area contributed by atoms with Crippen molar-refractivity contribution in [2.45, 2.75) is 6.92 Å². The van der Waals surface area contributed by atoms with Crippen molar-refractivity contribution >= 4 is 34.8 Å². The lowest BCUT2D eigenvalue weighted by Crippen LogP contribution is -2.27. The number of halogens is 2. The van der Waals surface area contributed by atoms with Crippen LogP contribution >= 0.6 is 23.2 Å². The van der Waals surface area contributed by atoms with Crippen LogP contribution in [0.3, 0.4) is 0 Å². The standard InChI is InChI=1S/C20H14Cl2N6O2/c1-12-8-18(29)19(26-28(12)15-5-2-13(21)3-6-15)20(30)25-16-9-14(22)4-7-17(16)27-11-23-10-24-27/h2-11H,1H3,(H,25,30). The minimum Gasteiger partial charge on any atom is -0.318 e. The summed E-state index contributed by atoms with van der Waals surface area (Å²) < 4.78 is 2.98. The third-order valence-corrected chi connectivity index (χ3v) is 4.75. The molecule has 10 heteroatoms. The van der Waals surface area contributed by atoms with Crippen LogP contribution in [0.15, 0.2) is 66.0 Å². The molecule has 4 aromatic rings. The fourth-order valence-electron chi connectivity index (χ4n) is 2.87. The second-order valence-corrected chi connectivity index (χ2v) is 7.22. The van der Waals surface area contributed by atoms with E-state index in [0.29, 0.717) is 32.8 Å². The first-order valence-electron chi connectivity index (χ1n) is 8.75. The zero-order valence-electron chi connectivity index (χ0n) is 15.6. The Bertz CT molecular complexity index is 1280. The Labute approximate surface area is 180 Å². The van der Waals surface area contributed by atoms with Crippen LogP contribution < -0.4 is 10.7 Å². The van der Waals surface area contributed by atoms with E-state index < -0.39 is 11.3 Å². The number of rotatable bonds is 4. The van der Waals surface area contributed by atoms with Gasteiger partial charge in [0.05, 0.1) is 17.1 Å². The largest absolute Gasteiger partial charge is 0.318 e. The second-order valence-electron chi connectivity index (χ2n) is 6.34. The molecule has 0 radical (unpaired) electrons. The van der Waals surface area contributed by atoms with Gasteiger partial charge in [-0.3, -0.25) is 9.59 Å². The van der Waals surface area contributed by atoms with Crippen LogP contribution in [-0.4, -0.2) is 30.5 Å². The molecule has 8 nitrogen and oxygen atoms in total. The number of hydrogen-bond acceptors (Lipinski definition) is 5. The number of benzene rings is 2. The Balaban J connectivity index is 1.73. The molecule has 0 bridgehead atoms. The number of aryl methyl sites for hydroxylation is 1. The fraction of sp³-hybridized carbons (Fsp3) is 0.0500. The number of aromatic nitrogens is 5. The third kappa shape index (κ3) is 3.96. The van der Waals surface area contributed by atoms with Gasteiger partial charge in [-0.25, -0.2) is 14.3 Å². The minimum atomic E-state index is -0.675. The van der Waals surface area contributed by atoms with Crippen LogP contribution in [-0.2, 0) is 0 Å². The zero-order chi connectivity index (χ0) is 21.3. The first-order valence-corrected chi connectivity index (χ1v) is 9.51. The Kier molecular flexibility index (Phi) is 5.35. The summed E-state index contributed by atoms with van der Waals surface area (Å²) in [6.45, 7) is 1.73. The molecule has 0 saturated carbocycles. The number of nitrogens with one attached hydrogen (secondary N) is 1. The molecule has 0 saturated heterocycles. The summed E-state index contributed by atoms with van der Waals surface area (Å²) in [5.41, 5.74) is 1.37. The van der Waals surface area contributed by atoms with Gasteiger partial charge < -0.3 is 5.32 Å². The van der Waals surface area contributed by atoms with Crippen molar-refractivity contribution in [2.75, 3.05) is 5.32 Å². The molecule has 0 aliphatic carbocycles. The molecule has 2 heterocycles. The van der Waals surface area contributed by atoms with E-state index >= 15 is 0 Å². The number of anilines is 1. The molecule has 1 amide bonds. The van der Waals surface area contributed by atoms with Gasteiger partial charge in [0.2, 0.25) is 5.43 Å². The first kappa shape index (κ1) is 19.8. The van der Waals surface area contributed by atoms with Crippen LogP contribution in [0.25, 0.3) is 11.4 Å². The minimum absolute atomic E-state index is 0.264. The highest BCUT2D eigenvalue weighted by molar-refractivity contribution is 6.31. The van der Waals surface area contributed by atoms with Gasteiger partial charge in [0.1, 0.15) is 12.7 Å². The van der Waals surface area contributed by atoms with Crippen molar-refractivity contribution in [3.8, 4) is 11.4 Å². The average molecular weight is 441 g/mol. The molecule has 2 aromatic carbocycles. The summed E-state index contributed by atoms with van der Waals surface area (Å²) in [7, 11) is 0. The van der Waals surface area contributed by atoms with E-state index in [2.05, 4.69) is 20.5 Å². The normalized spacial score (nSPS) is 10.8. The van der Waals surface area contributed by atoms with Crippen molar-refractivity contribution in [2.24, 2.45) is 0 Å². The average Bonchev–Trinajstić information content (AvgIpc) is 3.23. The van der Waals surface area contributed by atoms with Gasteiger partial charge in [0.25, 0.3) is 5.91 Å².